The molecule has 2 aliphatic heterocycles. The summed E-state index contributed by atoms with van der Waals surface area (Å²) in [6.45, 7) is 8.31. The van der Waals surface area contributed by atoms with E-state index in [-0.39, 0.29) is 24.8 Å². The molecule has 3 rings (SSSR count). The van der Waals surface area contributed by atoms with Gasteiger partial charge in [-0.25, -0.2) is 0 Å². The smallest absolute Gasteiger partial charge is 0.0594 e. The first kappa shape index (κ1) is 23.7. The molecule has 6 heteroatoms. The van der Waals surface area contributed by atoms with Crippen LogP contribution in [0.25, 0.3) is 0 Å². The number of piperidine rings is 1. The number of hydrogen-bond acceptors (Lipinski definition) is 4. The molecule has 150 valence electrons. The van der Waals surface area contributed by atoms with Gasteiger partial charge in [-0.1, -0.05) is 30.7 Å². The number of nitrogens with two attached hydrogens (primary N) is 1. The van der Waals surface area contributed by atoms with Crippen molar-refractivity contribution in [2.75, 3.05) is 45.9 Å². The van der Waals surface area contributed by atoms with Crippen molar-refractivity contribution in [1.82, 2.24) is 9.80 Å². The van der Waals surface area contributed by atoms with Crippen LogP contribution >= 0.6 is 24.8 Å². The van der Waals surface area contributed by atoms with Gasteiger partial charge in [-0.2, -0.15) is 0 Å². The summed E-state index contributed by atoms with van der Waals surface area (Å²) in [5.74, 6) is 0. The Morgan fingerprint density at radius 3 is 2.58 bits per heavy atom. The minimum Gasteiger partial charge on any atom is -0.379 e. The molecule has 0 aromatic heterocycles. The summed E-state index contributed by atoms with van der Waals surface area (Å²) in [6.07, 6.45) is 6.36. The molecule has 1 aromatic rings. The Morgan fingerprint density at radius 1 is 1.04 bits per heavy atom. The van der Waals surface area contributed by atoms with E-state index in [1.807, 2.05) is 0 Å². The third kappa shape index (κ3) is 7.34. The normalized spacial score (nSPS) is 21.7. The summed E-state index contributed by atoms with van der Waals surface area (Å²) < 4.78 is 5.46. The van der Waals surface area contributed by atoms with Crippen molar-refractivity contribution in [2.24, 2.45) is 5.73 Å². The molecule has 0 bridgehead atoms. The summed E-state index contributed by atoms with van der Waals surface area (Å²) >= 11 is 0. The first-order valence-corrected chi connectivity index (χ1v) is 9.67. The van der Waals surface area contributed by atoms with Crippen LogP contribution in [0.2, 0.25) is 0 Å². The Labute approximate surface area is 171 Å². The van der Waals surface area contributed by atoms with Gasteiger partial charge in [-0.3, -0.25) is 9.80 Å². The van der Waals surface area contributed by atoms with E-state index in [9.17, 15) is 0 Å². The average Bonchev–Trinajstić information content (AvgIpc) is 2.62. The average molecular weight is 404 g/mol. The van der Waals surface area contributed by atoms with Gasteiger partial charge in [-0.05, 0) is 56.4 Å². The molecule has 4 nitrogen and oxygen atoms in total. The van der Waals surface area contributed by atoms with Gasteiger partial charge in [0.15, 0.2) is 0 Å². The molecular formula is C20H35Cl2N3O. The summed E-state index contributed by atoms with van der Waals surface area (Å²) in [6, 6.07) is 9.74. The lowest BCUT2D eigenvalue weighted by molar-refractivity contribution is 0.0302. The molecule has 2 N–H and O–H groups in total. The van der Waals surface area contributed by atoms with E-state index in [1.165, 1.54) is 49.9 Å². The maximum Gasteiger partial charge on any atom is 0.0594 e. The first-order valence-electron chi connectivity index (χ1n) is 9.67. The molecule has 2 fully saturated rings. The number of likely N-dealkylation sites (tertiary alicyclic amines) is 1. The summed E-state index contributed by atoms with van der Waals surface area (Å²) in [7, 11) is 0. The zero-order valence-electron chi connectivity index (χ0n) is 15.8. The number of nitrogens with zero attached hydrogens (tertiary/aromatic N) is 2. The van der Waals surface area contributed by atoms with E-state index in [2.05, 4.69) is 34.1 Å². The molecule has 2 aliphatic rings. The van der Waals surface area contributed by atoms with Gasteiger partial charge in [0.2, 0.25) is 0 Å². The van der Waals surface area contributed by atoms with E-state index in [0.29, 0.717) is 0 Å². The van der Waals surface area contributed by atoms with Crippen LogP contribution in [0.5, 0.6) is 0 Å². The van der Waals surface area contributed by atoms with Gasteiger partial charge in [-0.15, -0.1) is 24.8 Å². The van der Waals surface area contributed by atoms with Crippen LogP contribution in [0.1, 0.15) is 36.8 Å². The second-order valence-electron chi connectivity index (χ2n) is 7.22. The maximum absolute atomic E-state index is 5.70. The van der Waals surface area contributed by atoms with Crippen molar-refractivity contribution >= 4 is 24.8 Å². The van der Waals surface area contributed by atoms with Crippen molar-refractivity contribution < 1.29 is 4.74 Å². The van der Waals surface area contributed by atoms with Crippen LogP contribution in [0.3, 0.4) is 0 Å². The monoisotopic (exact) mass is 403 g/mol. The highest BCUT2D eigenvalue weighted by Gasteiger charge is 2.23. The van der Waals surface area contributed by atoms with Gasteiger partial charge < -0.3 is 10.5 Å². The Bertz CT molecular complexity index is 498. The molecule has 2 heterocycles. The van der Waals surface area contributed by atoms with Crippen LogP contribution < -0.4 is 5.73 Å². The van der Waals surface area contributed by atoms with E-state index in [4.69, 9.17) is 10.5 Å². The summed E-state index contributed by atoms with van der Waals surface area (Å²) in [5, 5.41) is 0. The summed E-state index contributed by atoms with van der Waals surface area (Å²) in [4.78, 5) is 5.28. The van der Waals surface area contributed by atoms with E-state index >= 15 is 0 Å². The highest BCUT2D eigenvalue weighted by atomic mass is 35.5. The predicted octanol–water partition coefficient (Wildman–Crippen LogP) is 3.11. The van der Waals surface area contributed by atoms with Crippen molar-refractivity contribution in [2.45, 2.75) is 44.7 Å². The van der Waals surface area contributed by atoms with Crippen molar-refractivity contribution in [1.29, 1.82) is 0 Å². The van der Waals surface area contributed by atoms with Crippen LogP contribution in [0, 0.1) is 0 Å². The molecule has 0 amide bonds. The Morgan fingerprint density at radius 2 is 1.81 bits per heavy atom. The number of hydrogen-bond donors (Lipinski definition) is 1. The van der Waals surface area contributed by atoms with E-state index in [1.54, 1.807) is 0 Å². The molecule has 0 saturated carbocycles. The molecule has 26 heavy (non-hydrogen) atoms. The number of halogens is 2. The topological polar surface area (TPSA) is 41.7 Å². The molecule has 2 saturated heterocycles. The van der Waals surface area contributed by atoms with Gasteiger partial charge in [0.1, 0.15) is 0 Å². The lowest BCUT2D eigenvalue weighted by atomic mass is 9.97. The Balaban J connectivity index is 0.00000169. The largest absolute Gasteiger partial charge is 0.379 e. The standard InChI is InChI=1S/C20H33N3O.2ClH/c21-9-7-18-4-3-5-19(16-18)17-23-10-2-1-6-20(23)8-11-22-12-14-24-15-13-22;;/h3-5,16,20H,1-2,6-15,17,21H2;2*1H. The number of rotatable bonds is 7. The number of morpholine rings is 1. The number of benzene rings is 1. The van der Waals surface area contributed by atoms with Crippen LogP contribution in [-0.2, 0) is 17.7 Å². The second kappa shape index (κ2) is 12.9. The zero-order valence-corrected chi connectivity index (χ0v) is 17.4. The lowest BCUT2D eigenvalue weighted by Crippen LogP contribution is -2.43. The van der Waals surface area contributed by atoms with Crippen molar-refractivity contribution in [3.63, 3.8) is 0 Å². The molecular weight excluding hydrogens is 369 g/mol. The second-order valence-corrected chi connectivity index (χ2v) is 7.22. The minimum atomic E-state index is 0. The van der Waals surface area contributed by atoms with E-state index < -0.39 is 0 Å². The zero-order chi connectivity index (χ0) is 16.6. The van der Waals surface area contributed by atoms with Crippen LogP contribution in [-0.4, -0.2) is 61.8 Å². The minimum absolute atomic E-state index is 0. The fraction of sp³-hybridized carbons (Fsp3) is 0.700. The van der Waals surface area contributed by atoms with Crippen molar-refractivity contribution in [3.05, 3.63) is 35.4 Å². The SMILES string of the molecule is Cl.Cl.NCCc1cccc(CN2CCCCC2CCN2CCOCC2)c1. The quantitative estimate of drug-likeness (QED) is 0.758. The van der Waals surface area contributed by atoms with E-state index in [0.717, 1.165) is 51.9 Å². The van der Waals surface area contributed by atoms with Crippen LogP contribution in [0.15, 0.2) is 24.3 Å². The van der Waals surface area contributed by atoms with Gasteiger partial charge in [0, 0.05) is 25.7 Å². The highest BCUT2D eigenvalue weighted by Crippen LogP contribution is 2.23. The fourth-order valence-electron chi connectivity index (χ4n) is 4.04. The Hall–Kier alpha value is -0.360. The van der Waals surface area contributed by atoms with Gasteiger partial charge in [0.05, 0.1) is 13.2 Å². The van der Waals surface area contributed by atoms with Crippen LogP contribution in [0.4, 0.5) is 0 Å². The first-order chi connectivity index (χ1) is 11.8. The lowest BCUT2D eigenvalue weighted by Gasteiger charge is -2.37. The molecule has 0 spiro atoms. The fourth-order valence-corrected chi connectivity index (χ4v) is 4.04. The predicted molar refractivity (Wildman–Crippen MR) is 114 cm³/mol. The maximum atomic E-state index is 5.70. The molecule has 1 atom stereocenters. The number of ether oxygens (including phenoxy) is 1. The highest BCUT2D eigenvalue weighted by molar-refractivity contribution is 5.85. The molecule has 0 aliphatic carbocycles. The van der Waals surface area contributed by atoms with Gasteiger partial charge in [0.25, 0.3) is 0 Å². The van der Waals surface area contributed by atoms with Crippen molar-refractivity contribution in [3.8, 4) is 0 Å². The van der Waals surface area contributed by atoms with Gasteiger partial charge >= 0.3 is 0 Å². The third-order valence-electron chi connectivity index (χ3n) is 5.44. The third-order valence-corrected chi connectivity index (χ3v) is 5.44. The summed E-state index contributed by atoms with van der Waals surface area (Å²) in [5.41, 5.74) is 8.52. The molecule has 1 aromatic carbocycles. The molecule has 0 radical (unpaired) electrons. The molecule has 1 unspecified atom stereocenters. The Kier molecular flexibility index (Phi) is 11.8.